The molecule has 1 aliphatic rings. The van der Waals surface area contributed by atoms with Crippen LogP contribution in [0.4, 0.5) is 11.4 Å². The molecule has 0 saturated carbocycles. The van der Waals surface area contributed by atoms with Crippen molar-refractivity contribution in [3.05, 3.63) is 33.3 Å². The summed E-state index contributed by atoms with van der Waals surface area (Å²) in [7, 11) is -3.57. The number of nitro benzene ring substituents is 1. The van der Waals surface area contributed by atoms with Gasteiger partial charge in [-0.1, -0.05) is 11.6 Å². The van der Waals surface area contributed by atoms with Crippen molar-refractivity contribution in [3.8, 4) is 0 Å². The van der Waals surface area contributed by atoms with Crippen molar-refractivity contribution in [3.63, 3.8) is 0 Å². The Balaban J connectivity index is 2.05. The summed E-state index contributed by atoms with van der Waals surface area (Å²) in [5, 5.41) is 13.2. The van der Waals surface area contributed by atoms with Gasteiger partial charge in [0.05, 0.1) is 21.9 Å². The molecule has 2 rings (SSSR count). The van der Waals surface area contributed by atoms with E-state index in [4.69, 9.17) is 16.3 Å². The van der Waals surface area contributed by atoms with Crippen molar-refractivity contribution in [2.75, 3.05) is 18.1 Å². The lowest BCUT2D eigenvalue weighted by Gasteiger charge is -2.22. The summed E-state index contributed by atoms with van der Waals surface area (Å²) in [6.45, 7) is 1.51. The van der Waals surface area contributed by atoms with Crippen LogP contribution in [0, 0.1) is 10.1 Å². The van der Waals surface area contributed by atoms with E-state index in [1.165, 1.54) is 19.1 Å². The third-order valence-electron chi connectivity index (χ3n) is 3.98. The minimum Gasteiger partial charge on any atom is -0.451 e. The average molecular weight is 420 g/mol. The number of benzene rings is 1. The van der Waals surface area contributed by atoms with Crippen LogP contribution in [-0.2, 0) is 24.3 Å². The molecule has 0 bridgehead atoms. The number of non-ortho nitro benzene ring substituents is 1. The van der Waals surface area contributed by atoms with E-state index in [-0.39, 0.29) is 22.9 Å². The van der Waals surface area contributed by atoms with Crippen molar-refractivity contribution in [2.45, 2.75) is 31.9 Å². The molecule has 12 heteroatoms. The third kappa shape index (κ3) is 5.15. The number of halogens is 1. The van der Waals surface area contributed by atoms with Gasteiger partial charge in [0, 0.05) is 18.7 Å². The van der Waals surface area contributed by atoms with E-state index in [9.17, 15) is 28.1 Å². The molecule has 1 fully saturated rings. The monoisotopic (exact) mass is 419 g/mol. The molecule has 0 unspecified atom stereocenters. The lowest BCUT2D eigenvalue weighted by molar-refractivity contribution is -0.384. The highest BCUT2D eigenvalue weighted by molar-refractivity contribution is 7.88. The normalized spacial score (nSPS) is 18.7. The molecular weight excluding hydrogens is 402 g/mol. The predicted molar refractivity (Wildman–Crippen MR) is 96.9 cm³/mol. The molecular formula is C15H18ClN3O7S. The number of nitrogens with zero attached hydrogens (tertiary/aromatic N) is 2. The van der Waals surface area contributed by atoms with E-state index in [2.05, 4.69) is 5.32 Å². The Morgan fingerprint density at radius 1 is 1.44 bits per heavy atom. The Bertz CT molecular complexity index is 874. The number of sulfonamides is 1. The molecule has 1 amide bonds. The van der Waals surface area contributed by atoms with Crippen molar-refractivity contribution in [1.82, 2.24) is 4.31 Å². The minimum atomic E-state index is -3.57. The molecule has 0 aromatic heterocycles. The van der Waals surface area contributed by atoms with Gasteiger partial charge in [-0.15, -0.1) is 0 Å². The standard InChI is InChI=1S/C15H18ClN3O7S/c1-9(26-15(21)13-4-3-7-18(13)27(2,24)25)14(20)17-12-8-10(19(22)23)5-6-11(12)16/h5-6,8-9,13H,3-4,7H2,1-2H3,(H,17,20)/t9-,13+/m0/s1. The Labute approximate surface area is 160 Å². The number of rotatable bonds is 6. The van der Waals surface area contributed by atoms with Crippen LogP contribution >= 0.6 is 11.6 Å². The summed E-state index contributed by atoms with van der Waals surface area (Å²) in [5.41, 5.74) is -0.272. The summed E-state index contributed by atoms with van der Waals surface area (Å²) in [4.78, 5) is 34.7. The van der Waals surface area contributed by atoms with Crippen LogP contribution in [0.3, 0.4) is 0 Å². The number of hydrogen-bond donors (Lipinski definition) is 1. The molecule has 2 atom stereocenters. The number of anilines is 1. The Hall–Kier alpha value is -2.24. The average Bonchev–Trinajstić information content (AvgIpc) is 3.06. The lowest BCUT2D eigenvalue weighted by atomic mass is 10.2. The number of carbonyl (C=O) groups is 2. The molecule has 1 saturated heterocycles. The van der Waals surface area contributed by atoms with Crippen LogP contribution in [0.15, 0.2) is 18.2 Å². The Morgan fingerprint density at radius 2 is 2.11 bits per heavy atom. The lowest BCUT2D eigenvalue weighted by Crippen LogP contribution is -2.43. The fraction of sp³-hybridized carbons (Fsp3) is 0.467. The van der Waals surface area contributed by atoms with Crippen molar-refractivity contribution in [2.24, 2.45) is 0 Å². The van der Waals surface area contributed by atoms with Crippen molar-refractivity contribution < 1.29 is 27.7 Å². The van der Waals surface area contributed by atoms with E-state index in [0.29, 0.717) is 12.8 Å². The third-order valence-corrected chi connectivity index (χ3v) is 5.60. The van der Waals surface area contributed by atoms with Gasteiger partial charge in [0.2, 0.25) is 10.0 Å². The van der Waals surface area contributed by atoms with Crippen LogP contribution < -0.4 is 5.32 Å². The zero-order valence-corrected chi connectivity index (χ0v) is 16.1. The summed E-state index contributed by atoms with van der Waals surface area (Å²) in [6.07, 6.45) is 0.557. The number of nitro groups is 1. The van der Waals surface area contributed by atoms with Gasteiger partial charge in [0.1, 0.15) is 6.04 Å². The van der Waals surface area contributed by atoms with Gasteiger partial charge < -0.3 is 10.1 Å². The maximum Gasteiger partial charge on any atom is 0.325 e. The molecule has 1 heterocycles. The van der Waals surface area contributed by atoms with Crippen molar-refractivity contribution in [1.29, 1.82) is 0 Å². The first-order valence-corrected chi connectivity index (χ1v) is 10.2. The Morgan fingerprint density at radius 3 is 2.70 bits per heavy atom. The second-order valence-electron chi connectivity index (χ2n) is 6.02. The summed E-state index contributed by atoms with van der Waals surface area (Å²) < 4.78 is 29.5. The second-order valence-corrected chi connectivity index (χ2v) is 8.36. The molecule has 1 N–H and O–H groups in total. The zero-order valence-electron chi connectivity index (χ0n) is 14.5. The zero-order chi connectivity index (χ0) is 20.4. The van der Waals surface area contributed by atoms with Crippen molar-refractivity contribution >= 4 is 44.9 Å². The van der Waals surface area contributed by atoms with Crippen LogP contribution in [0.25, 0.3) is 0 Å². The highest BCUT2D eigenvalue weighted by Gasteiger charge is 2.38. The number of ether oxygens (including phenoxy) is 1. The smallest absolute Gasteiger partial charge is 0.325 e. The number of esters is 1. The largest absolute Gasteiger partial charge is 0.451 e. The maximum atomic E-state index is 12.3. The number of carbonyl (C=O) groups excluding carboxylic acids is 2. The summed E-state index contributed by atoms with van der Waals surface area (Å²) in [5.74, 6) is -1.58. The van der Waals surface area contributed by atoms with Gasteiger partial charge in [-0.2, -0.15) is 4.31 Å². The minimum absolute atomic E-state index is 0.00241. The fourth-order valence-corrected chi connectivity index (χ4v) is 3.92. The molecule has 148 valence electrons. The fourth-order valence-electron chi connectivity index (χ4n) is 2.64. The van der Waals surface area contributed by atoms with Gasteiger partial charge in [-0.25, -0.2) is 8.42 Å². The van der Waals surface area contributed by atoms with Gasteiger partial charge in [0.15, 0.2) is 6.10 Å². The van der Waals surface area contributed by atoms with E-state index in [1.54, 1.807) is 0 Å². The van der Waals surface area contributed by atoms with Crippen LogP contribution in [0.2, 0.25) is 5.02 Å². The molecule has 0 aliphatic carbocycles. The van der Waals surface area contributed by atoms with E-state index >= 15 is 0 Å². The predicted octanol–water partition coefficient (Wildman–Crippen LogP) is 1.54. The molecule has 10 nitrogen and oxygen atoms in total. The first kappa shape index (κ1) is 21.1. The number of nitrogens with one attached hydrogen (secondary N) is 1. The number of amides is 1. The second kappa shape index (κ2) is 8.19. The topological polar surface area (TPSA) is 136 Å². The number of hydrogen-bond acceptors (Lipinski definition) is 7. The Kier molecular flexibility index (Phi) is 6.39. The maximum absolute atomic E-state index is 12.3. The van der Waals surface area contributed by atoms with Crippen LogP contribution in [0.5, 0.6) is 0 Å². The van der Waals surface area contributed by atoms with Gasteiger partial charge in [0.25, 0.3) is 11.6 Å². The SMILES string of the molecule is C[C@H](OC(=O)[C@H]1CCCN1S(C)(=O)=O)C(=O)Nc1cc([N+](=O)[O-])ccc1Cl. The molecule has 0 radical (unpaired) electrons. The van der Waals surface area contributed by atoms with E-state index < -0.39 is 39.0 Å². The van der Waals surface area contributed by atoms with Gasteiger partial charge in [-0.3, -0.25) is 19.7 Å². The molecule has 1 aliphatic heterocycles. The molecule has 1 aromatic carbocycles. The highest BCUT2D eigenvalue weighted by Crippen LogP contribution is 2.27. The van der Waals surface area contributed by atoms with E-state index in [0.717, 1.165) is 16.6 Å². The van der Waals surface area contributed by atoms with E-state index in [1.807, 2.05) is 0 Å². The molecule has 1 aromatic rings. The first-order valence-electron chi connectivity index (χ1n) is 7.93. The van der Waals surface area contributed by atoms with Gasteiger partial charge in [-0.05, 0) is 25.8 Å². The highest BCUT2D eigenvalue weighted by atomic mass is 35.5. The van der Waals surface area contributed by atoms with Crippen LogP contribution in [-0.4, -0.2) is 54.5 Å². The first-order chi connectivity index (χ1) is 12.5. The molecule has 0 spiro atoms. The van der Waals surface area contributed by atoms with Gasteiger partial charge >= 0.3 is 5.97 Å². The summed E-state index contributed by atoms with van der Waals surface area (Å²) in [6, 6.07) is 2.55. The quantitative estimate of drug-likeness (QED) is 0.419. The van der Waals surface area contributed by atoms with Crippen LogP contribution in [0.1, 0.15) is 19.8 Å². The summed E-state index contributed by atoms with van der Waals surface area (Å²) >= 11 is 5.91. The molecule has 27 heavy (non-hydrogen) atoms.